The average molecular weight is 227 g/mol. The van der Waals surface area contributed by atoms with E-state index in [2.05, 4.69) is 34.7 Å². The fraction of sp³-hybridized carbons (Fsp3) is 0.357. The first-order valence-corrected chi connectivity index (χ1v) is 6.20. The first-order chi connectivity index (χ1) is 8.40. The second-order valence-corrected chi connectivity index (χ2v) is 4.72. The molecular weight excluding hydrogens is 210 g/mol. The third-order valence-corrected chi connectivity index (χ3v) is 3.15. The lowest BCUT2D eigenvalue weighted by atomic mass is 10.2. The van der Waals surface area contributed by atoms with Crippen molar-refractivity contribution in [1.29, 1.82) is 0 Å². The Morgan fingerprint density at radius 2 is 2.06 bits per heavy atom. The van der Waals surface area contributed by atoms with Crippen LogP contribution in [0.5, 0.6) is 0 Å². The molecule has 1 saturated carbocycles. The maximum atomic E-state index is 4.20. The summed E-state index contributed by atoms with van der Waals surface area (Å²) in [5.74, 6) is 0.916. The van der Waals surface area contributed by atoms with Gasteiger partial charge in [0.25, 0.3) is 0 Å². The van der Waals surface area contributed by atoms with Crippen molar-refractivity contribution >= 4 is 5.69 Å². The Balaban J connectivity index is 1.58. The third kappa shape index (κ3) is 2.87. The number of nitrogens with one attached hydrogen (secondary N) is 1. The van der Waals surface area contributed by atoms with E-state index in [1.165, 1.54) is 24.1 Å². The summed E-state index contributed by atoms with van der Waals surface area (Å²) in [4.78, 5) is 0. The van der Waals surface area contributed by atoms with Gasteiger partial charge >= 0.3 is 0 Å². The molecule has 0 unspecified atom stereocenters. The zero-order valence-corrected chi connectivity index (χ0v) is 9.84. The molecule has 0 atom stereocenters. The average Bonchev–Trinajstić information content (AvgIpc) is 3.05. The highest BCUT2D eigenvalue weighted by Gasteiger charge is 2.20. The van der Waals surface area contributed by atoms with E-state index in [1.54, 1.807) is 0 Å². The van der Waals surface area contributed by atoms with Crippen LogP contribution < -0.4 is 5.32 Å². The molecule has 0 amide bonds. The molecule has 17 heavy (non-hydrogen) atoms. The Kier molecular flexibility index (Phi) is 2.82. The molecule has 2 aromatic rings. The van der Waals surface area contributed by atoms with Crippen LogP contribution in [0.3, 0.4) is 0 Å². The van der Waals surface area contributed by atoms with Gasteiger partial charge in [-0.15, -0.1) is 0 Å². The van der Waals surface area contributed by atoms with Gasteiger partial charge in [0.2, 0.25) is 0 Å². The van der Waals surface area contributed by atoms with Crippen LogP contribution in [-0.2, 0) is 6.54 Å². The van der Waals surface area contributed by atoms with Crippen LogP contribution >= 0.6 is 0 Å². The van der Waals surface area contributed by atoms with Gasteiger partial charge in [-0.25, -0.2) is 0 Å². The van der Waals surface area contributed by atoms with Crippen molar-refractivity contribution in [3.8, 4) is 0 Å². The fourth-order valence-electron chi connectivity index (χ4n) is 1.89. The Morgan fingerprint density at radius 1 is 1.24 bits per heavy atom. The molecule has 3 nitrogen and oxygen atoms in total. The quantitative estimate of drug-likeness (QED) is 0.851. The Bertz CT molecular complexity index is 455. The number of benzene rings is 1. The lowest BCUT2D eigenvalue weighted by Crippen LogP contribution is -2.03. The SMILES string of the molecule is c1cnn(Cc2ccc(NCC3CC3)cc2)c1. The molecular formula is C14H17N3. The largest absolute Gasteiger partial charge is 0.385 e. The molecule has 0 saturated heterocycles. The number of aromatic nitrogens is 2. The van der Waals surface area contributed by atoms with Gasteiger partial charge in [0.1, 0.15) is 0 Å². The van der Waals surface area contributed by atoms with Gasteiger partial charge in [-0.1, -0.05) is 12.1 Å². The summed E-state index contributed by atoms with van der Waals surface area (Å²) >= 11 is 0. The molecule has 0 aliphatic heterocycles. The molecule has 1 heterocycles. The van der Waals surface area contributed by atoms with E-state index in [0.717, 1.165) is 19.0 Å². The van der Waals surface area contributed by atoms with Gasteiger partial charge in [-0.3, -0.25) is 4.68 Å². The maximum Gasteiger partial charge on any atom is 0.0659 e. The number of hydrogen-bond acceptors (Lipinski definition) is 2. The molecule has 1 aliphatic rings. The summed E-state index contributed by atoms with van der Waals surface area (Å²) in [6.07, 6.45) is 6.58. The lowest BCUT2D eigenvalue weighted by Gasteiger charge is -2.07. The molecule has 0 radical (unpaired) electrons. The van der Waals surface area contributed by atoms with Gasteiger partial charge in [0, 0.05) is 24.6 Å². The Labute approximate surface area is 101 Å². The number of rotatable bonds is 5. The minimum Gasteiger partial charge on any atom is -0.385 e. The van der Waals surface area contributed by atoms with Crippen molar-refractivity contribution in [3.05, 3.63) is 48.3 Å². The van der Waals surface area contributed by atoms with Crippen molar-refractivity contribution in [2.45, 2.75) is 19.4 Å². The first kappa shape index (κ1) is 10.4. The maximum absolute atomic E-state index is 4.20. The molecule has 1 fully saturated rings. The molecule has 0 bridgehead atoms. The predicted octanol–water partition coefficient (Wildman–Crippen LogP) is 2.75. The van der Waals surface area contributed by atoms with Crippen molar-refractivity contribution in [1.82, 2.24) is 9.78 Å². The normalized spacial score (nSPS) is 14.8. The zero-order chi connectivity index (χ0) is 11.5. The highest BCUT2D eigenvalue weighted by atomic mass is 15.3. The smallest absolute Gasteiger partial charge is 0.0659 e. The molecule has 0 spiro atoms. The zero-order valence-electron chi connectivity index (χ0n) is 9.84. The highest BCUT2D eigenvalue weighted by Crippen LogP contribution is 2.28. The number of anilines is 1. The van der Waals surface area contributed by atoms with Crippen LogP contribution in [0.25, 0.3) is 0 Å². The molecule has 88 valence electrons. The molecule has 3 heteroatoms. The van der Waals surface area contributed by atoms with E-state index < -0.39 is 0 Å². The third-order valence-electron chi connectivity index (χ3n) is 3.15. The lowest BCUT2D eigenvalue weighted by molar-refractivity contribution is 0.687. The first-order valence-electron chi connectivity index (χ1n) is 6.20. The van der Waals surface area contributed by atoms with Gasteiger partial charge in [-0.05, 0) is 42.5 Å². The predicted molar refractivity (Wildman–Crippen MR) is 69.0 cm³/mol. The Hall–Kier alpha value is -1.77. The molecule has 1 aromatic heterocycles. The van der Waals surface area contributed by atoms with Crippen LogP contribution in [0.4, 0.5) is 5.69 Å². The molecule has 1 aromatic carbocycles. The molecule has 3 rings (SSSR count). The Morgan fingerprint density at radius 3 is 2.71 bits per heavy atom. The minimum absolute atomic E-state index is 0.843. The topological polar surface area (TPSA) is 29.9 Å². The van der Waals surface area contributed by atoms with E-state index >= 15 is 0 Å². The summed E-state index contributed by atoms with van der Waals surface area (Å²) in [5.41, 5.74) is 2.51. The summed E-state index contributed by atoms with van der Waals surface area (Å²) in [7, 11) is 0. The van der Waals surface area contributed by atoms with E-state index in [9.17, 15) is 0 Å². The number of nitrogens with zero attached hydrogens (tertiary/aromatic N) is 2. The molecule has 1 aliphatic carbocycles. The summed E-state index contributed by atoms with van der Waals surface area (Å²) in [6, 6.07) is 10.6. The van der Waals surface area contributed by atoms with Crippen LogP contribution in [0, 0.1) is 5.92 Å². The van der Waals surface area contributed by atoms with Gasteiger partial charge < -0.3 is 5.32 Å². The van der Waals surface area contributed by atoms with Crippen molar-refractivity contribution in [3.63, 3.8) is 0 Å². The van der Waals surface area contributed by atoms with E-state index in [0.29, 0.717) is 0 Å². The second kappa shape index (κ2) is 4.62. The summed E-state index contributed by atoms with van der Waals surface area (Å²) in [5, 5.41) is 7.67. The number of hydrogen-bond donors (Lipinski definition) is 1. The molecule has 1 N–H and O–H groups in total. The van der Waals surface area contributed by atoms with E-state index in [-0.39, 0.29) is 0 Å². The van der Waals surface area contributed by atoms with E-state index in [1.807, 2.05) is 23.1 Å². The van der Waals surface area contributed by atoms with Crippen LogP contribution in [0.15, 0.2) is 42.7 Å². The summed E-state index contributed by atoms with van der Waals surface area (Å²) in [6.45, 7) is 1.97. The van der Waals surface area contributed by atoms with E-state index in [4.69, 9.17) is 0 Å². The fourth-order valence-corrected chi connectivity index (χ4v) is 1.89. The van der Waals surface area contributed by atoms with Gasteiger partial charge in [0.15, 0.2) is 0 Å². The highest BCUT2D eigenvalue weighted by molar-refractivity contribution is 5.44. The van der Waals surface area contributed by atoms with Crippen molar-refractivity contribution < 1.29 is 0 Å². The summed E-state index contributed by atoms with van der Waals surface area (Å²) < 4.78 is 1.94. The van der Waals surface area contributed by atoms with Crippen LogP contribution in [0.2, 0.25) is 0 Å². The minimum atomic E-state index is 0.843. The standard InChI is InChI=1S/C14H17N3/c1-8-16-17(9-1)11-13-4-6-14(7-5-13)15-10-12-2-3-12/h1,4-9,12,15H,2-3,10-11H2. The van der Waals surface area contributed by atoms with Crippen molar-refractivity contribution in [2.75, 3.05) is 11.9 Å². The van der Waals surface area contributed by atoms with Crippen LogP contribution in [-0.4, -0.2) is 16.3 Å². The monoisotopic (exact) mass is 227 g/mol. The van der Waals surface area contributed by atoms with Crippen LogP contribution in [0.1, 0.15) is 18.4 Å². The second-order valence-electron chi connectivity index (χ2n) is 4.72. The van der Waals surface area contributed by atoms with Gasteiger partial charge in [-0.2, -0.15) is 5.10 Å². The van der Waals surface area contributed by atoms with Crippen molar-refractivity contribution in [2.24, 2.45) is 5.92 Å². The van der Waals surface area contributed by atoms with Gasteiger partial charge in [0.05, 0.1) is 6.54 Å².